The van der Waals surface area contributed by atoms with Gasteiger partial charge >= 0.3 is 5.97 Å². The van der Waals surface area contributed by atoms with Gasteiger partial charge in [-0.1, -0.05) is 6.07 Å². The number of hydrogen-bond donors (Lipinski definition) is 1. The third-order valence-electron chi connectivity index (χ3n) is 2.65. The maximum absolute atomic E-state index is 12.2. The lowest BCUT2D eigenvalue weighted by atomic mass is 10.2. The van der Waals surface area contributed by atoms with Crippen LogP contribution in [-0.4, -0.2) is 33.2 Å². The molecule has 0 radical (unpaired) electrons. The summed E-state index contributed by atoms with van der Waals surface area (Å²) in [4.78, 5) is 27.9. The van der Waals surface area contributed by atoms with Crippen LogP contribution in [0.2, 0.25) is 0 Å². The second kappa shape index (κ2) is 5.52. The molecule has 0 aromatic carbocycles. The van der Waals surface area contributed by atoms with E-state index < -0.39 is 11.9 Å². The second-order valence-electron chi connectivity index (χ2n) is 4.00. The quantitative estimate of drug-likeness (QED) is 0.839. The van der Waals surface area contributed by atoms with E-state index in [-0.39, 0.29) is 23.7 Å². The number of nitrogens with zero attached hydrogens (tertiary/aromatic N) is 3. The molecule has 2 aromatic heterocycles. The Bertz CT molecular complexity index is 649. The predicted octanol–water partition coefficient (Wildman–Crippen LogP) is 1.03. The lowest BCUT2D eigenvalue weighted by Gasteiger charge is -2.03. The van der Waals surface area contributed by atoms with Crippen molar-refractivity contribution in [2.24, 2.45) is 0 Å². The van der Waals surface area contributed by atoms with Gasteiger partial charge in [0.2, 0.25) is 0 Å². The third-order valence-corrected chi connectivity index (χ3v) is 2.65. The summed E-state index contributed by atoms with van der Waals surface area (Å²) in [7, 11) is 0. The molecule has 0 atom stereocenters. The Labute approximate surface area is 115 Å². The molecule has 0 unspecified atom stereocenters. The van der Waals surface area contributed by atoms with Crippen molar-refractivity contribution in [1.82, 2.24) is 14.8 Å². The number of hydrogen-bond acceptors (Lipinski definition) is 6. The second-order valence-corrected chi connectivity index (χ2v) is 4.00. The molecule has 20 heavy (non-hydrogen) atoms. The average Bonchev–Trinajstić information content (AvgIpc) is 2.74. The van der Waals surface area contributed by atoms with Crippen LogP contribution >= 0.6 is 0 Å². The minimum Gasteiger partial charge on any atom is -0.462 e. The van der Waals surface area contributed by atoms with Crippen LogP contribution in [0.4, 0.5) is 5.82 Å². The Morgan fingerprint density at radius 3 is 2.75 bits per heavy atom. The zero-order valence-electron chi connectivity index (χ0n) is 11.2. The van der Waals surface area contributed by atoms with Crippen molar-refractivity contribution in [2.75, 3.05) is 12.3 Å². The number of nitrogen functional groups attached to an aromatic ring is 1. The Hall–Kier alpha value is -2.70. The maximum atomic E-state index is 12.2. The average molecular weight is 274 g/mol. The van der Waals surface area contributed by atoms with Gasteiger partial charge in [0.1, 0.15) is 17.1 Å². The van der Waals surface area contributed by atoms with Crippen molar-refractivity contribution < 1.29 is 14.3 Å². The molecule has 0 amide bonds. The first-order valence-corrected chi connectivity index (χ1v) is 6.04. The number of rotatable bonds is 3. The van der Waals surface area contributed by atoms with Gasteiger partial charge in [-0.05, 0) is 26.0 Å². The molecule has 0 saturated heterocycles. The summed E-state index contributed by atoms with van der Waals surface area (Å²) >= 11 is 0. The SMILES string of the molecule is CCOC(=O)c1c(C)nn(C(=O)c2ccccn2)c1N. The molecule has 2 rings (SSSR count). The van der Waals surface area contributed by atoms with Gasteiger partial charge in [0.15, 0.2) is 0 Å². The van der Waals surface area contributed by atoms with E-state index in [2.05, 4.69) is 10.1 Å². The molecule has 7 nitrogen and oxygen atoms in total. The van der Waals surface area contributed by atoms with E-state index in [0.717, 1.165) is 4.68 Å². The molecule has 2 N–H and O–H groups in total. The fourth-order valence-electron chi connectivity index (χ4n) is 1.75. The molecule has 0 fully saturated rings. The molecule has 0 aliphatic carbocycles. The number of aromatic nitrogens is 3. The molecular formula is C13H14N4O3. The smallest absolute Gasteiger partial charge is 0.343 e. The van der Waals surface area contributed by atoms with Crippen molar-refractivity contribution >= 4 is 17.7 Å². The topological polar surface area (TPSA) is 100 Å². The monoisotopic (exact) mass is 274 g/mol. The van der Waals surface area contributed by atoms with Gasteiger partial charge in [-0.2, -0.15) is 9.78 Å². The molecule has 0 aliphatic rings. The molecule has 2 heterocycles. The summed E-state index contributed by atoms with van der Waals surface area (Å²) in [5.74, 6) is -1.14. The highest BCUT2D eigenvalue weighted by Gasteiger charge is 2.24. The largest absolute Gasteiger partial charge is 0.462 e. The zero-order chi connectivity index (χ0) is 14.7. The normalized spacial score (nSPS) is 10.3. The van der Waals surface area contributed by atoms with Crippen LogP contribution in [0.1, 0.15) is 33.5 Å². The third kappa shape index (κ3) is 2.37. The van der Waals surface area contributed by atoms with Gasteiger partial charge in [0, 0.05) is 6.20 Å². The standard InChI is InChI=1S/C13H14N4O3/c1-3-20-13(19)10-8(2)16-17(11(10)14)12(18)9-6-4-5-7-15-9/h4-7H,3,14H2,1-2H3. The summed E-state index contributed by atoms with van der Waals surface area (Å²) < 4.78 is 5.85. The Morgan fingerprint density at radius 1 is 1.40 bits per heavy atom. The van der Waals surface area contributed by atoms with Crippen molar-refractivity contribution in [2.45, 2.75) is 13.8 Å². The van der Waals surface area contributed by atoms with Crippen LogP contribution in [0.25, 0.3) is 0 Å². The summed E-state index contributed by atoms with van der Waals surface area (Å²) in [6.45, 7) is 3.49. The summed E-state index contributed by atoms with van der Waals surface area (Å²) in [5, 5.41) is 3.99. The Kier molecular flexibility index (Phi) is 3.79. The number of anilines is 1. The molecule has 2 aromatic rings. The first-order chi connectivity index (χ1) is 9.56. The maximum Gasteiger partial charge on any atom is 0.343 e. The van der Waals surface area contributed by atoms with E-state index in [0.29, 0.717) is 5.69 Å². The zero-order valence-corrected chi connectivity index (χ0v) is 11.2. The van der Waals surface area contributed by atoms with Crippen LogP contribution in [0.15, 0.2) is 24.4 Å². The Morgan fingerprint density at radius 2 is 2.15 bits per heavy atom. The first kappa shape index (κ1) is 13.7. The number of carbonyl (C=O) groups is 2. The van der Waals surface area contributed by atoms with E-state index in [1.165, 1.54) is 6.20 Å². The fourth-order valence-corrected chi connectivity index (χ4v) is 1.75. The van der Waals surface area contributed by atoms with Crippen LogP contribution in [-0.2, 0) is 4.74 Å². The van der Waals surface area contributed by atoms with Crippen LogP contribution in [0.5, 0.6) is 0 Å². The van der Waals surface area contributed by atoms with E-state index >= 15 is 0 Å². The van der Waals surface area contributed by atoms with Gasteiger partial charge in [0.25, 0.3) is 5.91 Å². The number of pyridine rings is 1. The van der Waals surface area contributed by atoms with E-state index in [1.807, 2.05) is 0 Å². The molecular weight excluding hydrogens is 260 g/mol. The molecule has 0 aliphatic heterocycles. The summed E-state index contributed by atoms with van der Waals surface area (Å²) in [6, 6.07) is 4.92. The summed E-state index contributed by atoms with van der Waals surface area (Å²) in [6.07, 6.45) is 1.49. The predicted molar refractivity (Wildman–Crippen MR) is 71.3 cm³/mol. The van der Waals surface area contributed by atoms with Gasteiger partial charge in [-0.25, -0.2) is 4.79 Å². The molecule has 104 valence electrons. The highest BCUT2D eigenvalue weighted by Crippen LogP contribution is 2.18. The number of esters is 1. The fraction of sp³-hybridized carbons (Fsp3) is 0.231. The van der Waals surface area contributed by atoms with Gasteiger partial charge in [-0.3, -0.25) is 9.78 Å². The van der Waals surface area contributed by atoms with Crippen molar-refractivity contribution in [1.29, 1.82) is 0 Å². The van der Waals surface area contributed by atoms with Gasteiger partial charge in [0.05, 0.1) is 12.3 Å². The lowest BCUT2D eigenvalue weighted by Crippen LogP contribution is -2.18. The van der Waals surface area contributed by atoms with Crippen LogP contribution in [0.3, 0.4) is 0 Å². The first-order valence-electron chi connectivity index (χ1n) is 6.04. The van der Waals surface area contributed by atoms with Crippen molar-refractivity contribution in [3.05, 3.63) is 41.3 Å². The number of nitrogens with two attached hydrogens (primary N) is 1. The highest BCUT2D eigenvalue weighted by atomic mass is 16.5. The minimum atomic E-state index is -0.595. The molecule has 0 saturated carbocycles. The molecule has 0 spiro atoms. The van der Waals surface area contributed by atoms with E-state index in [4.69, 9.17) is 10.5 Å². The van der Waals surface area contributed by atoms with Crippen LogP contribution < -0.4 is 5.73 Å². The van der Waals surface area contributed by atoms with Crippen molar-refractivity contribution in [3.63, 3.8) is 0 Å². The Balaban J connectivity index is 2.42. The lowest BCUT2D eigenvalue weighted by molar-refractivity contribution is 0.0527. The highest BCUT2D eigenvalue weighted by molar-refractivity contribution is 6.01. The minimum absolute atomic E-state index is 0.0448. The number of carbonyl (C=O) groups excluding carboxylic acids is 2. The van der Waals surface area contributed by atoms with E-state index in [9.17, 15) is 9.59 Å². The molecule has 0 bridgehead atoms. The number of ether oxygens (including phenoxy) is 1. The van der Waals surface area contributed by atoms with Crippen LogP contribution in [0, 0.1) is 6.92 Å². The van der Waals surface area contributed by atoms with Gasteiger partial charge < -0.3 is 10.5 Å². The molecule has 7 heteroatoms. The van der Waals surface area contributed by atoms with E-state index in [1.54, 1.807) is 32.0 Å². The summed E-state index contributed by atoms with van der Waals surface area (Å²) in [5.41, 5.74) is 6.46. The van der Waals surface area contributed by atoms with Gasteiger partial charge in [-0.15, -0.1) is 0 Å². The van der Waals surface area contributed by atoms with Crippen molar-refractivity contribution in [3.8, 4) is 0 Å². The number of aryl methyl sites for hydroxylation is 1.